The van der Waals surface area contributed by atoms with Crippen molar-refractivity contribution in [2.24, 2.45) is 5.41 Å². The van der Waals surface area contributed by atoms with Gasteiger partial charge in [-0.15, -0.1) is 0 Å². The molecule has 2 fully saturated rings. The predicted octanol–water partition coefficient (Wildman–Crippen LogP) is 4.61. The first-order valence-electron chi connectivity index (χ1n) is 7.90. The summed E-state index contributed by atoms with van der Waals surface area (Å²) in [6.07, 6.45) is 6.81. The van der Waals surface area contributed by atoms with Crippen LogP contribution in [0, 0.1) is 5.41 Å². The van der Waals surface area contributed by atoms with E-state index in [4.69, 9.17) is 9.47 Å². The molecule has 21 heavy (non-hydrogen) atoms. The molecule has 3 nitrogen and oxygen atoms in total. The molecule has 1 aromatic rings. The second-order valence-electron chi connectivity index (χ2n) is 6.20. The Kier molecular flexibility index (Phi) is 4.46. The zero-order valence-corrected chi connectivity index (χ0v) is 14.4. The van der Waals surface area contributed by atoms with Crippen molar-refractivity contribution in [3.8, 4) is 5.75 Å². The van der Waals surface area contributed by atoms with Crippen LogP contribution in [0.15, 0.2) is 22.7 Å². The van der Waals surface area contributed by atoms with Crippen LogP contribution in [0.5, 0.6) is 5.75 Å². The van der Waals surface area contributed by atoms with Gasteiger partial charge in [0.25, 0.3) is 0 Å². The molecule has 0 bridgehead atoms. The fourth-order valence-corrected chi connectivity index (χ4v) is 4.53. The maximum atomic E-state index is 5.98. The molecule has 1 aromatic carbocycles. The molecule has 0 saturated heterocycles. The fraction of sp³-hybridized carbons (Fsp3) is 0.647. The highest BCUT2D eigenvalue weighted by Crippen LogP contribution is 2.55. The van der Waals surface area contributed by atoms with Crippen molar-refractivity contribution < 1.29 is 9.47 Å². The average Bonchev–Trinajstić information content (AvgIpc) is 2.98. The van der Waals surface area contributed by atoms with E-state index in [0.29, 0.717) is 17.6 Å². The molecule has 116 valence electrons. The molecule has 0 amide bonds. The van der Waals surface area contributed by atoms with Gasteiger partial charge in [-0.2, -0.15) is 0 Å². The molecule has 0 aliphatic heterocycles. The largest absolute Gasteiger partial charge is 0.497 e. The van der Waals surface area contributed by atoms with Crippen LogP contribution in [0.25, 0.3) is 0 Å². The van der Waals surface area contributed by atoms with E-state index >= 15 is 0 Å². The topological polar surface area (TPSA) is 30.5 Å². The molecule has 2 atom stereocenters. The standard InChI is InChI=1S/C17H24BrNO2/c1-3-21-16-11-15(17(16)6-4-5-7-17)19-13-8-12(18)9-14(10-13)20-2/h8-10,15-16,19H,3-7,11H2,1-2H3. The molecule has 2 aliphatic rings. The Morgan fingerprint density at radius 3 is 2.71 bits per heavy atom. The van der Waals surface area contributed by atoms with Gasteiger partial charge in [0.1, 0.15) is 5.75 Å². The van der Waals surface area contributed by atoms with E-state index in [1.54, 1.807) is 7.11 Å². The summed E-state index contributed by atoms with van der Waals surface area (Å²) in [6, 6.07) is 6.71. The van der Waals surface area contributed by atoms with Gasteiger partial charge < -0.3 is 14.8 Å². The quantitative estimate of drug-likeness (QED) is 0.838. The molecular formula is C17H24BrNO2. The second kappa shape index (κ2) is 6.17. The molecule has 0 aromatic heterocycles. The molecular weight excluding hydrogens is 330 g/mol. The normalized spacial score (nSPS) is 26.6. The van der Waals surface area contributed by atoms with Gasteiger partial charge in [-0.3, -0.25) is 0 Å². The summed E-state index contributed by atoms with van der Waals surface area (Å²) in [5.74, 6) is 0.882. The lowest BCUT2D eigenvalue weighted by Crippen LogP contribution is -2.60. The molecule has 1 spiro atoms. The monoisotopic (exact) mass is 353 g/mol. The highest BCUT2D eigenvalue weighted by molar-refractivity contribution is 9.10. The van der Waals surface area contributed by atoms with Gasteiger partial charge in [0.15, 0.2) is 0 Å². The van der Waals surface area contributed by atoms with Crippen LogP contribution >= 0.6 is 15.9 Å². The van der Waals surface area contributed by atoms with E-state index in [1.807, 2.05) is 6.07 Å². The van der Waals surface area contributed by atoms with E-state index in [1.165, 1.54) is 25.7 Å². The Balaban J connectivity index is 1.74. The SMILES string of the molecule is CCOC1CC(Nc2cc(Br)cc(OC)c2)C12CCCC2. The summed E-state index contributed by atoms with van der Waals surface area (Å²) < 4.78 is 12.4. The molecule has 2 unspecified atom stereocenters. The first-order valence-corrected chi connectivity index (χ1v) is 8.70. The molecule has 2 saturated carbocycles. The predicted molar refractivity (Wildman–Crippen MR) is 89.0 cm³/mol. The van der Waals surface area contributed by atoms with E-state index < -0.39 is 0 Å². The van der Waals surface area contributed by atoms with Crippen molar-refractivity contribution in [3.05, 3.63) is 22.7 Å². The lowest BCUT2D eigenvalue weighted by atomic mass is 9.60. The number of nitrogens with one attached hydrogen (secondary N) is 1. The van der Waals surface area contributed by atoms with Crippen molar-refractivity contribution in [3.63, 3.8) is 0 Å². The zero-order chi connectivity index (χ0) is 14.9. The molecule has 0 radical (unpaired) electrons. The summed E-state index contributed by atoms with van der Waals surface area (Å²) in [7, 11) is 1.71. The summed E-state index contributed by atoms with van der Waals surface area (Å²) in [4.78, 5) is 0. The minimum absolute atomic E-state index is 0.353. The van der Waals surface area contributed by atoms with Gasteiger partial charge in [-0.1, -0.05) is 28.8 Å². The van der Waals surface area contributed by atoms with Gasteiger partial charge >= 0.3 is 0 Å². The minimum Gasteiger partial charge on any atom is -0.497 e. The summed E-state index contributed by atoms with van der Waals surface area (Å²) in [6.45, 7) is 2.92. The van der Waals surface area contributed by atoms with Crippen molar-refractivity contribution in [1.82, 2.24) is 0 Å². The number of anilines is 1. The highest BCUT2D eigenvalue weighted by atomic mass is 79.9. The van der Waals surface area contributed by atoms with Crippen LogP contribution in [0.4, 0.5) is 5.69 Å². The lowest BCUT2D eigenvalue weighted by Gasteiger charge is -2.54. The van der Waals surface area contributed by atoms with Gasteiger partial charge in [-0.05, 0) is 38.3 Å². The molecule has 4 heteroatoms. The highest BCUT2D eigenvalue weighted by Gasteiger charge is 2.56. The smallest absolute Gasteiger partial charge is 0.122 e. The fourth-order valence-electron chi connectivity index (χ4n) is 4.05. The number of ether oxygens (including phenoxy) is 2. The van der Waals surface area contributed by atoms with E-state index in [-0.39, 0.29) is 0 Å². The van der Waals surface area contributed by atoms with Gasteiger partial charge in [0.05, 0.1) is 13.2 Å². The minimum atomic E-state index is 0.353. The third kappa shape index (κ3) is 2.80. The van der Waals surface area contributed by atoms with Crippen molar-refractivity contribution in [2.75, 3.05) is 19.0 Å². The van der Waals surface area contributed by atoms with Crippen LogP contribution in [0.1, 0.15) is 39.0 Å². The number of rotatable bonds is 5. The summed E-state index contributed by atoms with van der Waals surface area (Å²) >= 11 is 3.55. The third-order valence-corrected chi connectivity index (χ3v) is 5.59. The molecule has 3 rings (SSSR count). The first-order chi connectivity index (χ1) is 10.2. The average molecular weight is 354 g/mol. The Morgan fingerprint density at radius 1 is 1.29 bits per heavy atom. The van der Waals surface area contributed by atoms with Crippen molar-refractivity contribution in [2.45, 2.75) is 51.2 Å². The van der Waals surface area contributed by atoms with Gasteiger partial charge in [0, 0.05) is 34.3 Å². The van der Waals surface area contributed by atoms with Crippen LogP contribution in [-0.2, 0) is 4.74 Å². The Bertz CT molecular complexity index is 500. The van der Waals surface area contributed by atoms with E-state index in [2.05, 4.69) is 40.3 Å². The first kappa shape index (κ1) is 15.2. The Morgan fingerprint density at radius 2 is 2.05 bits per heavy atom. The molecule has 2 aliphatic carbocycles. The third-order valence-electron chi connectivity index (χ3n) is 5.14. The Hall–Kier alpha value is -0.740. The number of benzene rings is 1. The lowest BCUT2D eigenvalue weighted by molar-refractivity contribution is -0.114. The number of hydrogen-bond donors (Lipinski definition) is 1. The second-order valence-corrected chi connectivity index (χ2v) is 7.11. The summed E-state index contributed by atoms with van der Waals surface area (Å²) in [5.41, 5.74) is 1.48. The van der Waals surface area contributed by atoms with E-state index in [9.17, 15) is 0 Å². The summed E-state index contributed by atoms with van der Waals surface area (Å²) in [5, 5.41) is 3.73. The van der Waals surface area contributed by atoms with Crippen molar-refractivity contribution >= 4 is 21.6 Å². The van der Waals surface area contributed by atoms with Crippen molar-refractivity contribution in [1.29, 1.82) is 0 Å². The van der Waals surface area contributed by atoms with Gasteiger partial charge in [0.2, 0.25) is 0 Å². The van der Waals surface area contributed by atoms with Gasteiger partial charge in [-0.25, -0.2) is 0 Å². The van der Waals surface area contributed by atoms with Crippen LogP contribution in [0.3, 0.4) is 0 Å². The molecule has 0 heterocycles. The van der Waals surface area contributed by atoms with Crippen LogP contribution < -0.4 is 10.1 Å². The maximum absolute atomic E-state index is 5.98. The number of hydrogen-bond acceptors (Lipinski definition) is 3. The maximum Gasteiger partial charge on any atom is 0.122 e. The van der Waals surface area contributed by atoms with E-state index in [0.717, 1.165) is 28.9 Å². The van der Waals surface area contributed by atoms with Crippen LogP contribution in [-0.4, -0.2) is 25.9 Å². The molecule has 1 N–H and O–H groups in total. The Labute approximate surface area is 135 Å². The van der Waals surface area contributed by atoms with Crippen LogP contribution in [0.2, 0.25) is 0 Å². The number of methoxy groups -OCH3 is 1. The number of halogens is 1. The zero-order valence-electron chi connectivity index (χ0n) is 12.8.